The molecule has 0 unspecified atom stereocenters. The van der Waals surface area contributed by atoms with Crippen LogP contribution in [0, 0.1) is 0 Å². The van der Waals surface area contributed by atoms with Crippen LogP contribution in [-0.4, -0.2) is 0 Å². The van der Waals surface area contributed by atoms with Crippen molar-refractivity contribution >= 4 is 0 Å². The van der Waals surface area contributed by atoms with Gasteiger partial charge in [0.1, 0.15) is 0 Å². The Labute approximate surface area is 1370 Å². The molecule has 670 valence electrons. The SMILES string of the molecule is [Cr].[Cr].[Cr].[Cr].[Cr].[Cr].[Cr].[Cr].[Cr].[Cr].[Cr].[Cr].[Cr].[Cr].[Cr].[Cr].[Cr].[Cr].[Cr].[Cr].[Cr].[Cr].[Cr].[Cr].[Cr].[Cr].[Cr].[Cr].[Cr].[Cr].[Cr].[Cr].[Cr].[Cr].[Cr].[Cr].[Cr].[Cr].[Cr].[Cr].[Ni].[Ni].[Ni].[Ni].[Ni].[Ni].[Ni].[Ni].[Ni].[Ni].[Ni].[Ni].[Ni].[Ni].[Ni].[Ni].[Ni].[Ni].[Ni].[Ni].[Ni].[Ni].[Ni].[Ni].[Ni].[Ni].[Ni].[Ni].[Ni].[Ni].[Ni].[Ni].[Ni].[Ni].[Ni].[Ni].[Ni].[Ni].[Ni].[Ni].[Ni].[Ni].[Ni]. The van der Waals surface area contributed by atoms with Gasteiger partial charge in [0.2, 0.25) is 0 Å². The molecule has 0 aliphatic heterocycles. The largest absolute Gasteiger partial charge is 0 e. The van der Waals surface area contributed by atoms with Gasteiger partial charge in [-0.25, -0.2) is 0 Å². The van der Waals surface area contributed by atoms with Crippen LogP contribution in [0.2, 0.25) is 0 Å². The van der Waals surface area contributed by atoms with E-state index < -0.39 is 0 Å². The standard InChI is InChI=1S/40Cr.43Ni. The fraction of sp³-hybridized carbons (Fsp3) is 0. The molecular formula is Cr40Ni43. The second-order valence-corrected chi connectivity index (χ2v) is 0. The first-order valence-electron chi connectivity index (χ1n) is 0. The van der Waals surface area contributed by atoms with Gasteiger partial charge in [-0.2, -0.15) is 0 Å². The first-order chi connectivity index (χ1) is 0. The van der Waals surface area contributed by atoms with E-state index in [-0.39, 0.29) is 1400 Å². The molecule has 0 spiro atoms. The van der Waals surface area contributed by atoms with Gasteiger partial charge in [0.05, 0.1) is 0 Å². The van der Waals surface area contributed by atoms with Gasteiger partial charge in [-0.05, 0) is 0 Å². The molecule has 0 saturated heterocycles. The van der Waals surface area contributed by atoms with Crippen molar-refractivity contribution in [2.75, 3.05) is 0 Å². The van der Waals surface area contributed by atoms with Crippen LogP contribution in [0.1, 0.15) is 0 Å². The zero-order chi connectivity index (χ0) is 0. The van der Waals surface area contributed by atoms with E-state index in [4.69, 9.17) is 0 Å². The molecule has 0 nitrogen and oxygen atoms in total. The Morgan fingerprint density at radius 1 is 0.0241 bits per heavy atom. The third-order valence-electron chi connectivity index (χ3n) is 0. The van der Waals surface area contributed by atoms with Gasteiger partial charge in [-0.1, -0.05) is 0 Å². The third-order valence-corrected chi connectivity index (χ3v) is 0. The summed E-state index contributed by atoms with van der Waals surface area (Å²) in [6.45, 7) is 0. The van der Waals surface area contributed by atoms with Gasteiger partial charge in [0.25, 0.3) is 0 Å². The Hall–Kier alpha value is 42.5. The maximum Gasteiger partial charge on any atom is 0 e. The van der Waals surface area contributed by atoms with Crippen molar-refractivity contribution in [1.29, 1.82) is 0 Å². The van der Waals surface area contributed by atoms with Gasteiger partial charge >= 0.3 is 0 Å². The van der Waals surface area contributed by atoms with Crippen LogP contribution in [0.25, 0.3) is 0 Å². The topological polar surface area (TPSA) is 0 Å². The molecule has 0 aromatic rings. The van der Waals surface area contributed by atoms with E-state index in [9.17, 15) is 0 Å². The predicted molar refractivity (Wildman–Crippen MR) is 0 cm³/mol. The summed E-state index contributed by atoms with van der Waals surface area (Å²) >= 11 is 0. The number of hydrogen-bond donors (Lipinski definition) is 0. The third kappa shape index (κ3) is 1030. The first kappa shape index (κ1) is 1080. The molecule has 0 fully saturated rings. The van der Waals surface area contributed by atoms with Crippen molar-refractivity contribution < 1.29 is 1400 Å². The normalized spacial score (nSPS) is 0. The molecule has 0 aromatic heterocycles. The van der Waals surface area contributed by atoms with Crippen molar-refractivity contribution in [2.24, 2.45) is 0 Å². The molecule has 0 heterocycles. The van der Waals surface area contributed by atoms with E-state index >= 15 is 0 Å². The molecular weight excluding hydrogens is 4600 g/mol. The van der Waals surface area contributed by atoms with Gasteiger partial charge in [0, 0.05) is 1400 Å². The molecule has 0 aliphatic rings. The molecule has 0 amide bonds. The van der Waals surface area contributed by atoms with Crippen LogP contribution >= 0.6 is 0 Å². The van der Waals surface area contributed by atoms with Crippen molar-refractivity contribution in [2.45, 2.75) is 0 Å². The zero-order valence-electron chi connectivity index (χ0n) is 29.9. The van der Waals surface area contributed by atoms with E-state index in [0.29, 0.717) is 0 Å². The second kappa shape index (κ2) is 1050. The summed E-state index contributed by atoms with van der Waals surface area (Å²) in [7, 11) is 0. The van der Waals surface area contributed by atoms with Crippen LogP contribution in [-0.2, 0) is 1400 Å². The summed E-state index contributed by atoms with van der Waals surface area (Å²) in [6.07, 6.45) is 0. The number of rotatable bonds is 0. The summed E-state index contributed by atoms with van der Waals surface area (Å²) in [4.78, 5) is 0. The summed E-state index contributed by atoms with van der Waals surface area (Å²) in [5, 5.41) is 0. The summed E-state index contributed by atoms with van der Waals surface area (Å²) < 4.78 is 0. The fourth-order valence-corrected chi connectivity index (χ4v) is 0. The van der Waals surface area contributed by atoms with Crippen LogP contribution in [0.5, 0.6) is 0 Å². The Balaban J connectivity index is 0. The quantitative estimate of drug-likeness (QED) is 0.296. The molecule has 0 atom stereocenters. The minimum Gasteiger partial charge on any atom is 0 e. The summed E-state index contributed by atoms with van der Waals surface area (Å²) in [5.74, 6) is 0. The molecule has 0 aliphatic carbocycles. The minimum atomic E-state index is 0. The zero-order valence-corrected chi connectivity index (χ0v) is 123. The molecule has 0 radical (unpaired) electrons. The Kier molecular flexibility index (Phi) is 13600. The second-order valence-electron chi connectivity index (χ2n) is 0. The van der Waals surface area contributed by atoms with Crippen molar-refractivity contribution in [1.82, 2.24) is 0 Å². The van der Waals surface area contributed by atoms with E-state index in [1.807, 2.05) is 0 Å². The van der Waals surface area contributed by atoms with Crippen LogP contribution in [0.3, 0.4) is 0 Å². The van der Waals surface area contributed by atoms with E-state index in [1.54, 1.807) is 0 Å². The molecule has 0 saturated carbocycles. The average Bonchev–Trinajstić information content (AvgIpc) is 0. The molecule has 0 aromatic carbocycles. The molecule has 83 heavy (non-hydrogen) atoms. The molecule has 0 bridgehead atoms. The average molecular weight is 4600 g/mol. The first-order valence-corrected chi connectivity index (χ1v) is 0. The molecule has 0 rings (SSSR count). The van der Waals surface area contributed by atoms with Gasteiger partial charge in [0.15, 0.2) is 0 Å². The van der Waals surface area contributed by atoms with Gasteiger partial charge in [-0.3, -0.25) is 0 Å². The minimum absolute atomic E-state index is 0. The predicted octanol–water partition coefficient (Wildman–Crippen LogP) is -0.208. The van der Waals surface area contributed by atoms with Crippen LogP contribution in [0.4, 0.5) is 0 Å². The van der Waals surface area contributed by atoms with Crippen molar-refractivity contribution in [3.05, 3.63) is 0 Å². The smallest absolute Gasteiger partial charge is 0 e. The van der Waals surface area contributed by atoms with Gasteiger partial charge < -0.3 is 0 Å². The summed E-state index contributed by atoms with van der Waals surface area (Å²) in [5.41, 5.74) is 0. The number of hydrogen-bond acceptors (Lipinski definition) is 0. The Morgan fingerprint density at radius 3 is 0.0241 bits per heavy atom. The molecule has 83 heteroatoms. The maximum atomic E-state index is 0. The van der Waals surface area contributed by atoms with E-state index in [1.165, 1.54) is 0 Å². The monoisotopic (exact) mass is 4570 g/mol. The van der Waals surface area contributed by atoms with E-state index in [0.717, 1.165) is 0 Å². The van der Waals surface area contributed by atoms with Crippen LogP contribution < -0.4 is 0 Å². The Morgan fingerprint density at radius 2 is 0.0241 bits per heavy atom. The van der Waals surface area contributed by atoms with Gasteiger partial charge in [-0.15, -0.1) is 0 Å². The fourth-order valence-electron chi connectivity index (χ4n) is 0. The van der Waals surface area contributed by atoms with E-state index in [2.05, 4.69) is 0 Å². The molecule has 0 N–H and O–H groups in total. The van der Waals surface area contributed by atoms with Crippen molar-refractivity contribution in [3.8, 4) is 0 Å². The van der Waals surface area contributed by atoms with Crippen molar-refractivity contribution in [3.63, 3.8) is 0 Å². The Bertz CT molecular complexity index is 82.9. The summed E-state index contributed by atoms with van der Waals surface area (Å²) in [6, 6.07) is 0. The maximum absolute atomic E-state index is 0. The van der Waals surface area contributed by atoms with Crippen LogP contribution in [0.15, 0.2) is 0 Å².